The van der Waals surface area contributed by atoms with Gasteiger partial charge < -0.3 is 25.9 Å². The van der Waals surface area contributed by atoms with Crippen LogP contribution in [0, 0.1) is 10.7 Å². The lowest BCUT2D eigenvalue weighted by Crippen LogP contribution is -2.47. The van der Waals surface area contributed by atoms with Crippen molar-refractivity contribution in [1.29, 1.82) is 0 Å². The standard InChI is InChI=1S/C20H28I3N5O5/c1-11(28-9-7-26-5-3-25-4-6-27-8-10-28)18(29)12-15(21)13(19(30)31)17(23)14(16(12)22)20(32)33-24-2/h11,24-27H,3-10H2,1-2H3,(H,30,31). The molecule has 1 atom stereocenters. The summed E-state index contributed by atoms with van der Waals surface area (Å²) in [4.78, 5) is 45.3. The molecule has 0 aromatic heterocycles. The molecule has 0 bridgehead atoms. The average molecular weight is 799 g/mol. The Morgan fingerprint density at radius 1 is 0.879 bits per heavy atom. The van der Waals surface area contributed by atoms with Gasteiger partial charge in [-0.3, -0.25) is 9.69 Å². The zero-order valence-corrected chi connectivity index (χ0v) is 24.9. The highest BCUT2D eigenvalue weighted by Crippen LogP contribution is 2.33. The lowest BCUT2D eigenvalue weighted by Gasteiger charge is -2.30. The second-order valence-corrected chi connectivity index (χ2v) is 10.5. The van der Waals surface area contributed by atoms with Gasteiger partial charge in [0, 0.05) is 75.7 Å². The van der Waals surface area contributed by atoms with Gasteiger partial charge in [-0.2, -0.15) is 5.48 Å². The van der Waals surface area contributed by atoms with Crippen LogP contribution >= 0.6 is 67.8 Å². The van der Waals surface area contributed by atoms with Gasteiger partial charge in [0.1, 0.15) is 0 Å². The molecule has 2 rings (SSSR count). The van der Waals surface area contributed by atoms with Crippen LogP contribution in [0.3, 0.4) is 0 Å². The summed E-state index contributed by atoms with van der Waals surface area (Å²) < 4.78 is 0.954. The van der Waals surface area contributed by atoms with Gasteiger partial charge in [0.25, 0.3) is 0 Å². The van der Waals surface area contributed by atoms with E-state index in [1.807, 2.05) is 74.7 Å². The van der Waals surface area contributed by atoms with Gasteiger partial charge >= 0.3 is 11.9 Å². The number of Topliss-reactive ketones (excluding diaryl/α,β-unsaturated/α-hetero) is 1. The summed E-state index contributed by atoms with van der Waals surface area (Å²) in [5.41, 5.74) is 2.56. The molecule has 0 saturated carbocycles. The van der Waals surface area contributed by atoms with Gasteiger partial charge in [-0.25, -0.2) is 9.59 Å². The summed E-state index contributed by atoms with van der Waals surface area (Å²) in [6.07, 6.45) is 0. The zero-order valence-electron chi connectivity index (χ0n) is 18.4. The summed E-state index contributed by atoms with van der Waals surface area (Å²) in [6.45, 7) is 8.01. The maximum atomic E-state index is 13.7. The van der Waals surface area contributed by atoms with Crippen LogP contribution in [-0.4, -0.2) is 93.2 Å². The Morgan fingerprint density at radius 3 is 1.82 bits per heavy atom. The van der Waals surface area contributed by atoms with Crippen LogP contribution in [0.2, 0.25) is 0 Å². The van der Waals surface area contributed by atoms with E-state index in [1.165, 1.54) is 7.05 Å². The molecular formula is C20H28I3N5O5. The second-order valence-electron chi connectivity index (χ2n) is 7.29. The maximum Gasteiger partial charge on any atom is 0.359 e. The van der Waals surface area contributed by atoms with Crippen LogP contribution in [0.5, 0.6) is 0 Å². The Morgan fingerprint density at radius 2 is 1.33 bits per heavy atom. The minimum absolute atomic E-state index is 0.0697. The fourth-order valence-electron chi connectivity index (χ4n) is 3.44. The summed E-state index contributed by atoms with van der Waals surface area (Å²) in [5, 5.41) is 19.9. The Bertz CT molecular complexity index is 874. The summed E-state index contributed by atoms with van der Waals surface area (Å²) in [6, 6.07) is -0.508. The number of carboxylic acids is 1. The van der Waals surface area contributed by atoms with Gasteiger partial charge in [0.05, 0.1) is 17.2 Å². The molecule has 1 saturated heterocycles. The predicted molar refractivity (Wildman–Crippen MR) is 150 cm³/mol. The molecule has 1 aromatic rings. The quantitative estimate of drug-likeness (QED) is 0.162. The van der Waals surface area contributed by atoms with Crippen molar-refractivity contribution in [3.63, 3.8) is 0 Å². The Balaban J connectivity index is 2.44. The lowest BCUT2D eigenvalue weighted by atomic mass is 9.98. The number of aromatic carboxylic acids is 1. The Hall–Kier alpha value is -0.180. The van der Waals surface area contributed by atoms with E-state index in [-0.39, 0.29) is 26.0 Å². The molecule has 1 fully saturated rings. The number of carbonyl (C=O) groups is 3. The van der Waals surface area contributed by atoms with Crippen molar-refractivity contribution < 1.29 is 24.3 Å². The first-order chi connectivity index (χ1) is 15.7. The normalized spacial score (nSPS) is 17.5. The number of carboxylic acid groups (broad SMARTS) is 1. The van der Waals surface area contributed by atoms with E-state index in [4.69, 9.17) is 4.84 Å². The summed E-state index contributed by atoms with van der Waals surface area (Å²) >= 11 is 5.66. The summed E-state index contributed by atoms with van der Waals surface area (Å²) in [5.74, 6) is -2.16. The van der Waals surface area contributed by atoms with Gasteiger partial charge in [0.2, 0.25) is 0 Å². The number of hydrogen-bond acceptors (Lipinski definition) is 9. The molecule has 1 heterocycles. The number of hydrogen-bond donors (Lipinski definition) is 5. The first kappa shape index (κ1) is 29.1. The minimum atomic E-state index is -1.20. The Labute approximate surface area is 234 Å². The number of nitrogens with zero attached hydrogens (tertiary/aromatic N) is 1. The molecule has 0 aliphatic carbocycles. The molecule has 10 nitrogen and oxygen atoms in total. The van der Waals surface area contributed by atoms with Crippen LogP contribution in [0.1, 0.15) is 38.0 Å². The van der Waals surface area contributed by atoms with Crippen LogP contribution < -0.4 is 21.4 Å². The maximum absolute atomic E-state index is 13.7. The topological polar surface area (TPSA) is 132 Å². The first-order valence-corrected chi connectivity index (χ1v) is 13.7. The largest absolute Gasteiger partial charge is 0.478 e. The number of rotatable bonds is 6. The van der Waals surface area contributed by atoms with Crippen LogP contribution in [0.4, 0.5) is 0 Å². The number of nitrogens with one attached hydrogen (secondary N) is 4. The molecule has 1 aromatic carbocycles. The van der Waals surface area contributed by atoms with E-state index in [1.54, 1.807) is 0 Å². The van der Waals surface area contributed by atoms with E-state index in [9.17, 15) is 19.5 Å². The van der Waals surface area contributed by atoms with Gasteiger partial charge in [0.15, 0.2) is 5.78 Å². The minimum Gasteiger partial charge on any atom is -0.478 e. The number of benzene rings is 1. The van der Waals surface area contributed by atoms with Crippen molar-refractivity contribution in [2.75, 3.05) is 59.4 Å². The zero-order chi connectivity index (χ0) is 24.5. The molecule has 1 unspecified atom stereocenters. The van der Waals surface area contributed by atoms with Crippen molar-refractivity contribution in [3.8, 4) is 0 Å². The molecule has 184 valence electrons. The third-order valence-electron chi connectivity index (χ3n) is 5.21. The van der Waals surface area contributed by atoms with E-state index in [0.29, 0.717) is 20.2 Å². The predicted octanol–water partition coefficient (Wildman–Crippen LogP) is 1.15. The fourth-order valence-corrected chi connectivity index (χ4v) is 8.04. The van der Waals surface area contributed by atoms with E-state index in [0.717, 1.165) is 39.3 Å². The fraction of sp³-hybridized carbons (Fsp3) is 0.550. The molecule has 13 heteroatoms. The van der Waals surface area contributed by atoms with Crippen molar-refractivity contribution >= 4 is 85.5 Å². The molecule has 33 heavy (non-hydrogen) atoms. The smallest absolute Gasteiger partial charge is 0.359 e. The molecule has 0 amide bonds. The molecule has 1 aliphatic heterocycles. The number of halogens is 3. The van der Waals surface area contributed by atoms with Crippen molar-refractivity contribution in [3.05, 3.63) is 27.4 Å². The Kier molecular flexibility index (Phi) is 12.7. The molecule has 0 radical (unpaired) electrons. The van der Waals surface area contributed by atoms with Crippen molar-refractivity contribution in [2.45, 2.75) is 13.0 Å². The van der Waals surface area contributed by atoms with Crippen molar-refractivity contribution in [1.82, 2.24) is 26.3 Å². The van der Waals surface area contributed by atoms with E-state index < -0.39 is 18.0 Å². The highest BCUT2D eigenvalue weighted by atomic mass is 127. The van der Waals surface area contributed by atoms with Crippen LogP contribution in [-0.2, 0) is 4.84 Å². The number of carbonyl (C=O) groups excluding carboxylic acids is 2. The van der Waals surface area contributed by atoms with E-state index in [2.05, 4.69) is 26.3 Å². The monoisotopic (exact) mass is 799 g/mol. The first-order valence-electron chi connectivity index (χ1n) is 10.4. The highest BCUT2D eigenvalue weighted by Gasteiger charge is 2.34. The average Bonchev–Trinajstić information content (AvgIpc) is 2.73. The van der Waals surface area contributed by atoms with Crippen LogP contribution in [0.25, 0.3) is 0 Å². The van der Waals surface area contributed by atoms with Gasteiger partial charge in [-0.1, -0.05) is 0 Å². The number of ketones is 1. The SMILES string of the molecule is CNOC(=O)c1c(I)c(C(=O)O)c(I)c(C(=O)C(C)N2CCNCCNCCNCC2)c1I. The third-order valence-corrected chi connectivity index (χ3v) is 8.45. The molecular weight excluding hydrogens is 771 g/mol. The van der Waals surface area contributed by atoms with Gasteiger partial charge in [-0.15, -0.1) is 0 Å². The van der Waals surface area contributed by atoms with Gasteiger partial charge in [-0.05, 0) is 74.7 Å². The molecule has 5 N–H and O–H groups in total. The lowest BCUT2D eigenvalue weighted by molar-refractivity contribution is 0.0307. The van der Waals surface area contributed by atoms with Crippen LogP contribution in [0.15, 0.2) is 0 Å². The second kappa shape index (κ2) is 14.4. The molecule has 0 spiro atoms. The van der Waals surface area contributed by atoms with E-state index >= 15 is 0 Å². The highest BCUT2D eigenvalue weighted by molar-refractivity contribution is 14.1. The van der Waals surface area contributed by atoms with Crippen molar-refractivity contribution in [2.24, 2.45) is 0 Å². The summed E-state index contributed by atoms with van der Waals surface area (Å²) in [7, 11) is 1.44. The third kappa shape index (κ3) is 7.65. The molecule has 1 aliphatic rings. The number of hydroxylamine groups is 1.